The number of nitrogens with zero attached hydrogens (tertiary/aromatic N) is 1. The zero-order valence-electron chi connectivity index (χ0n) is 31.5. The predicted molar refractivity (Wildman–Crippen MR) is 243 cm³/mol. The molecule has 0 fully saturated rings. The molecular weight excluding hydrogens is 687 g/mol. The number of hydrogen-bond donors (Lipinski definition) is 0. The first-order valence-electron chi connectivity index (χ1n) is 19.6. The molecule has 0 aromatic heterocycles. The summed E-state index contributed by atoms with van der Waals surface area (Å²) in [6.45, 7) is 0. The van der Waals surface area contributed by atoms with Gasteiger partial charge in [-0.25, -0.2) is 0 Å². The van der Waals surface area contributed by atoms with Gasteiger partial charge in [0.05, 0.1) is 5.69 Å². The molecule has 1 heteroatoms. The van der Waals surface area contributed by atoms with Gasteiger partial charge in [0.1, 0.15) is 0 Å². The summed E-state index contributed by atoms with van der Waals surface area (Å²) in [6, 6.07) is 85.7. The first kappa shape index (κ1) is 34.0. The Labute approximate surface area is 334 Å². The highest BCUT2D eigenvalue weighted by molar-refractivity contribution is 5.92. The van der Waals surface area contributed by atoms with Crippen LogP contribution in [0, 0.1) is 0 Å². The third-order valence-corrected chi connectivity index (χ3v) is 11.0. The Bertz CT molecular complexity index is 3000. The van der Waals surface area contributed by atoms with Gasteiger partial charge >= 0.3 is 0 Å². The van der Waals surface area contributed by atoms with Gasteiger partial charge in [0.25, 0.3) is 0 Å². The van der Waals surface area contributed by atoms with Gasteiger partial charge in [-0.15, -0.1) is 0 Å². The molecule has 0 spiro atoms. The van der Waals surface area contributed by atoms with Crippen molar-refractivity contribution in [3.63, 3.8) is 0 Å². The molecule has 10 aromatic carbocycles. The number of rotatable bonds is 8. The van der Waals surface area contributed by atoms with Gasteiger partial charge in [0, 0.05) is 16.9 Å². The molecule has 10 aromatic rings. The van der Waals surface area contributed by atoms with Crippen LogP contribution in [0.3, 0.4) is 0 Å². The number of anilines is 3. The Morgan fingerprint density at radius 3 is 1.30 bits per heavy atom. The molecule has 57 heavy (non-hydrogen) atoms. The molecule has 0 N–H and O–H groups in total. The van der Waals surface area contributed by atoms with Crippen molar-refractivity contribution in [2.24, 2.45) is 0 Å². The zero-order chi connectivity index (χ0) is 38.0. The summed E-state index contributed by atoms with van der Waals surface area (Å²) < 4.78 is 0. The van der Waals surface area contributed by atoms with Gasteiger partial charge in [-0.3, -0.25) is 0 Å². The predicted octanol–water partition coefficient (Wildman–Crippen LogP) is 15.8. The van der Waals surface area contributed by atoms with Gasteiger partial charge < -0.3 is 4.90 Å². The smallest absolute Gasteiger partial charge is 0.0540 e. The Morgan fingerprint density at radius 1 is 0.211 bits per heavy atom. The van der Waals surface area contributed by atoms with E-state index in [1.807, 2.05) is 0 Å². The Kier molecular flexibility index (Phi) is 8.95. The maximum Gasteiger partial charge on any atom is 0.0540 e. The summed E-state index contributed by atoms with van der Waals surface area (Å²) in [5.41, 5.74) is 15.2. The first-order chi connectivity index (χ1) is 28.2. The molecule has 0 aliphatic heterocycles. The fourth-order valence-corrected chi connectivity index (χ4v) is 8.06. The first-order valence-corrected chi connectivity index (χ1v) is 19.6. The number of hydrogen-bond acceptors (Lipinski definition) is 1. The van der Waals surface area contributed by atoms with Gasteiger partial charge in [0.2, 0.25) is 0 Å². The molecule has 0 saturated carbocycles. The lowest BCUT2D eigenvalue weighted by molar-refractivity contribution is 1.28. The van der Waals surface area contributed by atoms with Crippen LogP contribution in [0.25, 0.3) is 77.2 Å². The van der Waals surface area contributed by atoms with E-state index in [4.69, 9.17) is 0 Å². The molecule has 0 radical (unpaired) electrons. The van der Waals surface area contributed by atoms with Crippen molar-refractivity contribution >= 4 is 38.6 Å². The van der Waals surface area contributed by atoms with E-state index in [-0.39, 0.29) is 0 Å². The van der Waals surface area contributed by atoms with Crippen molar-refractivity contribution in [1.29, 1.82) is 0 Å². The SMILES string of the molecule is c1ccc(-c2ccc(-c3ccccc3N(c3ccc(-c4cccc(-c5ccc6ccccc6c5)c4)cc3)c3cccc(-c4ccc5ccccc5c4)c3)cc2)cc1. The fraction of sp³-hybridized carbons (Fsp3) is 0. The van der Waals surface area contributed by atoms with E-state index in [1.54, 1.807) is 0 Å². The summed E-state index contributed by atoms with van der Waals surface area (Å²) in [7, 11) is 0. The standard InChI is InChI=1S/C56H39N/c1-2-12-40(13-3-1)43-24-28-45(29-25-43)55-22-8-9-23-56(55)57(54-21-11-20-50(39-54)52-31-27-42-15-5-7-17-47(42)38-52)53-34-32-44(33-35-53)48-18-10-19-49(36-48)51-30-26-41-14-4-6-16-46(41)37-51/h1-39H. The molecule has 0 bridgehead atoms. The van der Waals surface area contributed by atoms with Crippen molar-refractivity contribution in [1.82, 2.24) is 0 Å². The highest BCUT2D eigenvalue weighted by atomic mass is 15.1. The lowest BCUT2D eigenvalue weighted by Crippen LogP contribution is -2.11. The quantitative estimate of drug-likeness (QED) is 0.151. The Morgan fingerprint density at radius 2 is 0.632 bits per heavy atom. The largest absolute Gasteiger partial charge is 0.310 e. The molecular formula is C56H39N. The van der Waals surface area contributed by atoms with E-state index in [9.17, 15) is 0 Å². The van der Waals surface area contributed by atoms with Crippen molar-refractivity contribution in [2.75, 3.05) is 4.90 Å². The van der Waals surface area contributed by atoms with Gasteiger partial charge in [0.15, 0.2) is 0 Å². The second-order valence-corrected chi connectivity index (χ2v) is 14.6. The van der Waals surface area contributed by atoms with Crippen molar-refractivity contribution in [3.05, 3.63) is 237 Å². The maximum atomic E-state index is 2.40. The minimum atomic E-state index is 1.09. The highest BCUT2D eigenvalue weighted by Crippen LogP contribution is 2.43. The zero-order valence-corrected chi connectivity index (χ0v) is 31.5. The fourth-order valence-electron chi connectivity index (χ4n) is 8.06. The van der Waals surface area contributed by atoms with Gasteiger partial charge in [-0.05, 0) is 120 Å². The summed E-state index contributed by atoms with van der Waals surface area (Å²) in [5.74, 6) is 0. The van der Waals surface area contributed by atoms with E-state index in [1.165, 1.54) is 77.2 Å². The van der Waals surface area contributed by atoms with Crippen molar-refractivity contribution in [3.8, 4) is 55.6 Å². The van der Waals surface area contributed by atoms with Crippen LogP contribution in [0.1, 0.15) is 0 Å². The van der Waals surface area contributed by atoms with E-state index in [2.05, 4.69) is 241 Å². The lowest BCUT2D eigenvalue weighted by atomic mass is 9.96. The number of fused-ring (bicyclic) bond motifs is 2. The van der Waals surface area contributed by atoms with Crippen LogP contribution in [0.4, 0.5) is 17.1 Å². The third-order valence-electron chi connectivity index (χ3n) is 11.0. The normalized spacial score (nSPS) is 11.2. The van der Waals surface area contributed by atoms with Crippen LogP contribution in [0.15, 0.2) is 237 Å². The van der Waals surface area contributed by atoms with Crippen LogP contribution in [-0.4, -0.2) is 0 Å². The van der Waals surface area contributed by atoms with E-state index < -0.39 is 0 Å². The van der Waals surface area contributed by atoms with Gasteiger partial charge in [-0.2, -0.15) is 0 Å². The molecule has 10 rings (SSSR count). The lowest BCUT2D eigenvalue weighted by Gasteiger charge is -2.28. The molecule has 0 heterocycles. The highest BCUT2D eigenvalue weighted by Gasteiger charge is 2.18. The maximum absolute atomic E-state index is 2.40. The van der Waals surface area contributed by atoms with Crippen LogP contribution in [0.5, 0.6) is 0 Å². The summed E-state index contributed by atoms with van der Waals surface area (Å²) in [5, 5.41) is 4.99. The second kappa shape index (κ2) is 15.0. The van der Waals surface area contributed by atoms with Crippen LogP contribution >= 0.6 is 0 Å². The second-order valence-electron chi connectivity index (χ2n) is 14.6. The number of para-hydroxylation sites is 1. The van der Waals surface area contributed by atoms with Crippen molar-refractivity contribution < 1.29 is 0 Å². The monoisotopic (exact) mass is 725 g/mol. The molecule has 0 saturated heterocycles. The topological polar surface area (TPSA) is 3.24 Å². The molecule has 1 nitrogen and oxygen atoms in total. The molecule has 0 aliphatic rings. The summed E-state index contributed by atoms with van der Waals surface area (Å²) in [4.78, 5) is 2.40. The van der Waals surface area contributed by atoms with E-state index >= 15 is 0 Å². The minimum absolute atomic E-state index is 1.09. The average Bonchev–Trinajstić information content (AvgIpc) is 3.30. The Balaban J connectivity index is 1.06. The minimum Gasteiger partial charge on any atom is -0.310 e. The molecule has 0 unspecified atom stereocenters. The molecule has 0 atom stereocenters. The van der Waals surface area contributed by atoms with E-state index in [0.29, 0.717) is 0 Å². The summed E-state index contributed by atoms with van der Waals surface area (Å²) >= 11 is 0. The number of benzene rings is 10. The van der Waals surface area contributed by atoms with E-state index in [0.717, 1.165) is 17.1 Å². The van der Waals surface area contributed by atoms with Crippen LogP contribution in [-0.2, 0) is 0 Å². The van der Waals surface area contributed by atoms with Crippen LogP contribution in [0.2, 0.25) is 0 Å². The Hall–Kier alpha value is -7.48. The molecule has 0 aliphatic carbocycles. The summed E-state index contributed by atoms with van der Waals surface area (Å²) in [6.07, 6.45) is 0. The van der Waals surface area contributed by atoms with Gasteiger partial charge in [-0.1, -0.05) is 188 Å². The average molecular weight is 726 g/mol. The van der Waals surface area contributed by atoms with Crippen molar-refractivity contribution in [2.45, 2.75) is 0 Å². The third kappa shape index (κ3) is 6.88. The molecule has 0 amide bonds. The molecule has 268 valence electrons. The van der Waals surface area contributed by atoms with Crippen LogP contribution < -0.4 is 4.90 Å².